The van der Waals surface area contributed by atoms with E-state index in [9.17, 15) is 22.8 Å². The van der Waals surface area contributed by atoms with E-state index in [-0.39, 0.29) is 15.9 Å². The fraction of sp³-hybridized carbons (Fsp3) is 0.0833. The summed E-state index contributed by atoms with van der Waals surface area (Å²) < 4.78 is 38.2. The maximum absolute atomic E-state index is 12.7. The van der Waals surface area contributed by atoms with Gasteiger partial charge >= 0.3 is 6.18 Å². The number of carbonyl (C=O) groups excluding carboxylic acids is 1. The first-order chi connectivity index (χ1) is 9.75. The molecule has 0 unspecified atom stereocenters. The molecule has 110 valence electrons. The molecule has 1 aromatic heterocycles. The summed E-state index contributed by atoms with van der Waals surface area (Å²) in [6, 6.07) is 5.27. The highest BCUT2D eigenvalue weighted by molar-refractivity contribution is 9.10. The molecule has 1 amide bonds. The lowest BCUT2D eigenvalue weighted by atomic mass is 10.2. The van der Waals surface area contributed by atoms with E-state index in [4.69, 9.17) is 0 Å². The molecule has 0 aliphatic rings. The molecule has 0 aliphatic heterocycles. The maximum Gasteiger partial charge on any atom is 0.416 e. The number of benzene rings is 1. The van der Waals surface area contributed by atoms with Crippen molar-refractivity contribution < 1.29 is 18.0 Å². The number of nitrogens with zero attached hydrogens (tertiary/aromatic N) is 1. The van der Waals surface area contributed by atoms with Crippen molar-refractivity contribution in [3.05, 3.63) is 56.4 Å². The Morgan fingerprint density at radius 2 is 1.95 bits per heavy atom. The summed E-state index contributed by atoms with van der Waals surface area (Å²) in [7, 11) is 0. The zero-order valence-corrected chi connectivity index (χ0v) is 11.7. The van der Waals surface area contributed by atoms with Gasteiger partial charge in [0.1, 0.15) is 5.69 Å². The van der Waals surface area contributed by atoms with Gasteiger partial charge in [-0.2, -0.15) is 18.3 Å². The van der Waals surface area contributed by atoms with Crippen LogP contribution in [0.3, 0.4) is 0 Å². The average molecular weight is 362 g/mol. The van der Waals surface area contributed by atoms with Crippen LogP contribution in [0, 0.1) is 0 Å². The van der Waals surface area contributed by atoms with E-state index in [0.29, 0.717) is 0 Å². The van der Waals surface area contributed by atoms with E-state index in [0.717, 1.165) is 24.3 Å². The van der Waals surface area contributed by atoms with E-state index >= 15 is 0 Å². The minimum atomic E-state index is -4.53. The zero-order valence-electron chi connectivity index (χ0n) is 10.2. The highest BCUT2D eigenvalue weighted by atomic mass is 79.9. The SMILES string of the molecule is O=C(Nc1cc(Br)cc(C(F)(F)F)c1)c1ccc(=O)[nH]n1. The summed E-state index contributed by atoms with van der Waals surface area (Å²) in [5, 5.41) is 7.82. The van der Waals surface area contributed by atoms with Crippen LogP contribution in [0.4, 0.5) is 18.9 Å². The van der Waals surface area contributed by atoms with E-state index in [1.807, 2.05) is 0 Å². The van der Waals surface area contributed by atoms with Gasteiger partial charge in [-0.25, -0.2) is 5.10 Å². The van der Waals surface area contributed by atoms with E-state index in [1.165, 1.54) is 6.07 Å². The Bertz CT molecular complexity index is 723. The van der Waals surface area contributed by atoms with Gasteiger partial charge < -0.3 is 5.32 Å². The number of aromatic amines is 1. The van der Waals surface area contributed by atoms with Crippen molar-refractivity contribution in [1.82, 2.24) is 10.2 Å². The van der Waals surface area contributed by atoms with Crippen molar-refractivity contribution in [3.63, 3.8) is 0 Å². The second-order valence-corrected chi connectivity index (χ2v) is 4.90. The molecule has 1 aromatic carbocycles. The first-order valence-electron chi connectivity index (χ1n) is 5.50. The number of aromatic nitrogens is 2. The van der Waals surface area contributed by atoms with Gasteiger partial charge in [0.2, 0.25) is 0 Å². The van der Waals surface area contributed by atoms with Crippen molar-refractivity contribution in [2.75, 3.05) is 5.32 Å². The number of alkyl halides is 3. The van der Waals surface area contributed by atoms with Gasteiger partial charge in [0.15, 0.2) is 0 Å². The summed E-state index contributed by atoms with van der Waals surface area (Å²) >= 11 is 2.95. The molecule has 0 radical (unpaired) electrons. The normalized spacial score (nSPS) is 11.2. The Labute approximate surface area is 124 Å². The molecular formula is C12H7BrF3N3O2. The number of H-pyrrole nitrogens is 1. The van der Waals surface area contributed by atoms with Crippen molar-refractivity contribution in [2.24, 2.45) is 0 Å². The number of hydrogen-bond donors (Lipinski definition) is 2. The van der Waals surface area contributed by atoms with E-state index in [1.54, 1.807) is 0 Å². The molecular weight excluding hydrogens is 355 g/mol. The largest absolute Gasteiger partial charge is 0.416 e. The van der Waals surface area contributed by atoms with E-state index < -0.39 is 23.2 Å². The summed E-state index contributed by atoms with van der Waals surface area (Å²) in [6.45, 7) is 0. The minimum absolute atomic E-state index is 0.0466. The number of nitrogens with one attached hydrogen (secondary N) is 2. The first-order valence-corrected chi connectivity index (χ1v) is 6.30. The van der Waals surface area contributed by atoms with Gasteiger partial charge in [0.25, 0.3) is 11.5 Å². The zero-order chi connectivity index (χ0) is 15.6. The van der Waals surface area contributed by atoms with Crippen LogP contribution in [-0.2, 0) is 6.18 Å². The molecule has 21 heavy (non-hydrogen) atoms. The average Bonchev–Trinajstić information content (AvgIpc) is 2.37. The smallest absolute Gasteiger partial charge is 0.321 e. The second kappa shape index (κ2) is 5.68. The van der Waals surface area contributed by atoms with Crippen molar-refractivity contribution in [1.29, 1.82) is 0 Å². The first kappa shape index (κ1) is 15.2. The predicted molar refractivity (Wildman–Crippen MR) is 72.0 cm³/mol. The number of rotatable bonds is 2. The van der Waals surface area contributed by atoms with Crippen LogP contribution < -0.4 is 10.9 Å². The van der Waals surface area contributed by atoms with Crippen LogP contribution in [-0.4, -0.2) is 16.1 Å². The molecule has 9 heteroatoms. The third kappa shape index (κ3) is 3.91. The number of carbonyl (C=O) groups is 1. The lowest BCUT2D eigenvalue weighted by Crippen LogP contribution is -2.18. The van der Waals surface area contributed by atoms with Crippen LogP contribution in [0.1, 0.15) is 16.1 Å². The Kier molecular flexibility index (Phi) is 4.12. The highest BCUT2D eigenvalue weighted by Gasteiger charge is 2.31. The molecule has 0 spiro atoms. The van der Waals surface area contributed by atoms with Crippen molar-refractivity contribution in [2.45, 2.75) is 6.18 Å². The maximum atomic E-state index is 12.7. The fourth-order valence-electron chi connectivity index (χ4n) is 1.49. The van der Waals surface area contributed by atoms with Crippen LogP contribution in [0.5, 0.6) is 0 Å². The van der Waals surface area contributed by atoms with Gasteiger partial charge in [-0.05, 0) is 24.3 Å². The molecule has 0 saturated heterocycles. The Morgan fingerprint density at radius 3 is 2.52 bits per heavy atom. The molecule has 1 heterocycles. The molecule has 0 fully saturated rings. The van der Waals surface area contributed by atoms with Crippen LogP contribution in [0.25, 0.3) is 0 Å². The lowest BCUT2D eigenvalue weighted by molar-refractivity contribution is -0.137. The minimum Gasteiger partial charge on any atom is -0.321 e. The summed E-state index contributed by atoms with van der Waals surface area (Å²) in [6.07, 6.45) is -4.53. The van der Waals surface area contributed by atoms with Gasteiger partial charge in [-0.3, -0.25) is 9.59 Å². The predicted octanol–water partition coefficient (Wildman–Crippen LogP) is 2.80. The number of halogens is 4. The van der Waals surface area contributed by atoms with Crippen LogP contribution in [0.2, 0.25) is 0 Å². The number of anilines is 1. The van der Waals surface area contributed by atoms with Gasteiger partial charge in [-0.15, -0.1) is 0 Å². The summed E-state index contributed by atoms with van der Waals surface area (Å²) in [4.78, 5) is 22.6. The van der Waals surface area contributed by atoms with E-state index in [2.05, 4.69) is 31.4 Å². The van der Waals surface area contributed by atoms with Crippen molar-refractivity contribution in [3.8, 4) is 0 Å². The topological polar surface area (TPSA) is 74.8 Å². The van der Waals surface area contributed by atoms with Gasteiger partial charge in [-0.1, -0.05) is 15.9 Å². The standard InChI is InChI=1S/C12H7BrF3N3O2/c13-7-3-6(12(14,15)16)4-8(5-7)17-11(21)9-1-2-10(20)19-18-9/h1-5H,(H,17,21)(H,19,20). The molecule has 0 aliphatic carbocycles. The van der Waals surface area contributed by atoms with Crippen LogP contribution >= 0.6 is 15.9 Å². The third-order valence-electron chi connectivity index (χ3n) is 2.39. The highest BCUT2D eigenvalue weighted by Crippen LogP contribution is 2.33. The number of amides is 1. The molecule has 0 bridgehead atoms. The van der Waals surface area contributed by atoms with Gasteiger partial charge in [0, 0.05) is 16.2 Å². The Morgan fingerprint density at radius 1 is 1.24 bits per heavy atom. The van der Waals surface area contributed by atoms with Crippen molar-refractivity contribution >= 4 is 27.5 Å². The van der Waals surface area contributed by atoms with Crippen LogP contribution in [0.15, 0.2) is 39.6 Å². The quantitative estimate of drug-likeness (QED) is 0.863. The second-order valence-electron chi connectivity index (χ2n) is 3.99. The molecule has 2 rings (SSSR count). The third-order valence-corrected chi connectivity index (χ3v) is 2.85. The lowest BCUT2D eigenvalue weighted by Gasteiger charge is -2.10. The molecule has 2 aromatic rings. The van der Waals surface area contributed by atoms with Gasteiger partial charge in [0.05, 0.1) is 5.56 Å². The summed E-state index contributed by atoms with van der Waals surface area (Å²) in [5.74, 6) is -0.738. The Balaban J connectivity index is 2.27. The monoisotopic (exact) mass is 361 g/mol. The molecule has 0 atom stereocenters. The molecule has 2 N–H and O–H groups in total. The fourth-order valence-corrected chi connectivity index (χ4v) is 1.98. The molecule has 0 saturated carbocycles. The Hall–Kier alpha value is -2.16. The number of hydrogen-bond acceptors (Lipinski definition) is 3. The molecule has 5 nitrogen and oxygen atoms in total. The summed E-state index contributed by atoms with van der Waals surface area (Å²) in [5.41, 5.74) is -1.56.